The third-order valence-corrected chi connectivity index (χ3v) is 3.37. The molecule has 17 heavy (non-hydrogen) atoms. The number of hydrazine groups is 1. The number of rotatable bonds is 4. The van der Waals surface area contributed by atoms with Gasteiger partial charge in [-0.25, -0.2) is 5.43 Å². The van der Waals surface area contributed by atoms with Crippen molar-refractivity contribution in [1.29, 1.82) is 0 Å². The van der Waals surface area contributed by atoms with E-state index in [1.165, 1.54) is 12.0 Å². The van der Waals surface area contributed by atoms with Crippen LogP contribution in [0.15, 0.2) is 30.3 Å². The van der Waals surface area contributed by atoms with Crippen molar-refractivity contribution in [3.63, 3.8) is 0 Å². The van der Waals surface area contributed by atoms with Gasteiger partial charge < -0.3 is 5.32 Å². The van der Waals surface area contributed by atoms with Crippen molar-refractivity contribution in [2.45, 2.75) is 32.4 Å². The lowest BCUT2D eigenvalue weighted by molar-refractivity contribution is 0.233. The van der Waals surface area contributed by atoms with Crippen LogP contribution in [0.25, 0.3) is 0 Å². The Labute approximate surface area is 108 Å². The Kier molecular flexibility index (Phi) is 3.64. The zero-order chi connectivity index (χ0) is 12.3. The maximum atomic E-state index is 5.36. The van der Waals surface area contributed by atoms with Gasteiger partial charge in [0.1, 0.15) is 5.66 Å². The van der Waals surface area contributed by atoms with Crippen molar-refractivity contribution >= 4 is 17.3 Å². The fourth-order valence-corrected chi connectivity index (χ4v) is 2.35. The average Bonchev–Trinajstić information content (AvgIpc) is 2.64. The fraction of sp³-hybridized carbons (Fsp3) is 0.462. The first-order valence-electron chi connectivity index (χ1n) is 6.09. The first-order valence-corrected chi connectivity index (χ1v) is 6.49. The van der Waals surface area contributed by atoms with Gasteiger partial charge >= 0.3 is 0 Å². The third-order valence-electron chi connectivity index (χ3n) is 3.05. The minimum atomic E-state index is -0.286. The van der Waals surface area contributed by atoms with Crippen molar-refractivity contribution in [3.05, 3.63) is 35.9 Å². The van der Waals surface area contributed by atoms with Gasteiger partial charge in [-0.2, -0.15) is 0 Å². The van der Waals surface area contributed by atoms with Crippen LogP contribution in [-0.2, 0) is 5.66 Å². The quantitative estimate of drug-likeness (QED) is 0.801. The van der Waals surface area contributed by atoms with Crippen molar-refractivity contribution in [2.24, 2.45) is 0 Å². The molecule has 1 fully saturated rings. The lowest BCUT2D eigenvalue weighted by Crippen LogP contribution is -2.45. The van der Waals surface area contributed by atoms with Crippen molar-refractivity contribution in [3.8, 4) is 0 Å². The molecule has 1 aromatic carbocycles. The number of hydrogen-bond acceptors (Lipinski definition) is 2. The van der Waals surface area contributed by atoms with E-state index in [4.69, 9.17) is 12.2 Å². The number of nitrogens with one attached hydrogen (secondary N) is 2. The summed E-state index contributed by atoms with van der Waals surface area (Å²) in [6, 6.07) is 10.3. The summed E-state index contributed by atoms with van der Waals surface area (Å²) in [5.74, 6) is 0. The van der Waals surface area contributed by atoms with Crippen LogP contribution >= 0.6 is 12.2 Å². The molecule has 0 unspecified atom stereocenters. The fourth-order valence-electron chi connectivity index (χ4n) is 2.01. The van der Waals surface area contributed by atoms with Crippen LogP contribution < -0.4 is 10.7 Å². The molecule has 2 rings (SSSR count). The van der Waals surface area contributed by atoms with Crippen LogP contribution in [-0.4, -0.2) is 16.7 Å². The van der Waals surface area contributed by atoms with Crippen LogP contribution in [0.5, 0.6) is 0 Å². The Morgan fingerprint density at radius 2 is 2.00 bits per heavy atom. The predicted molar refractivity (Wildman–Crippen MR) is 74.3 cm³/mol. The van der Waals surface area contributed by atoms with E-state index in [2.05, 4.69) is 36.7 Å². The molecule has 2 N–H and O–H groups in total. The Morgan fingerprint density at radius 3 is 2.65 bits per heavy atom. The number of benzene rings is 1. The molecule has 0 spiro atoms. The topological polar surface area (TPSA) is 27.3 Å². The SMILES string of the molecule is CCCCN1N[C@@](C)(c2ccccc2)NC1=S. The van der Waals surface area contributed by atoms with Gasteiger partial charge in [-0.1, -0.05) is 43.7 Å². The summed E-state index contributed by atoms with van der Waals surface area (Å²) in [6.07, 6.45) is 2.31. The highest BCUT2D eigenvalue weighted by atomic mass is 32.1. The molecule has 0 aromatic heterocycles. The summed E-state index contributed by atoms with van der Waals surface area (Å²) >= 11 is 5.36. The van der Waals surface area contributed by atoms with E-state index in [-0.39, 0.29) is 5.66 Å². The van der Waals surface area contributed by atoms with Gasteiger partial charge in [-0.3, -0.25) is 5.01 Å². The summed E-state index contributed by atoms with van der Waals surface area (Å²) in [5, 5.41) is 6.17. The molecule has 0 saturated carbocycles. The molecule has 1 heterocycles. The van der Waals surface area contributed by atoms with Crippen LogP contribution in [0.4, 0.5) is 0 Å². The van der Waals surface area contributed by atoms with Crippen LogP contribution in [0.1, 0.15) is 32.3 Å². The first kappa shape index (κ1) is 12.3. The highest BCUT2D eigenvalue weighted by molar-refractivity contribution is 7.80. The molecular formula is C13H19N3S. The highest BCUT2D eigenvalue weighted by Crippen LogP contribution is 2.22. The lowest BCUT2D eigenvalue weighted by atomic mass is 10.0. The van der Waals surface area contributed by atoms with Gasteiger partial charge in [0.2, 0.25) is 0 Å². The first-order chi connectivity index (χ1) is 8.15. The molecular weight excluding hydrogens is 230 g/mol. The van der Waals surface area contributed by atoms with Crippen molar-refractivity contribution in [1.82, 2.24) is 15.8 Å². The molecule has 3 nitrogen and oxygen atoms in total. The molecule has 0 bridgehead atoms. The Bertz CT molecular complexity index is 393. The molecule has 0 radical (unpaired) electrons. The monoisotopic (exact) mass is 249 g/mol. The number of unbranched alkanes of at least 4 members (excludes halogenated alkanes) is 1. The van der Waals surface area contributed by atoms with Crippen molar-refractivity contribution in [2.75, 3.05) is 6.54 Å². The van der Waals surface area contributed by atoms with E-state index in [1.807, 2.05) is 23.2 Å². The largest absolute Gasteiger partial charge is 0.338 e. The molecule has 1 aromatic rings. The molecule has 1 aliphatic heterocycles. The standard InChI is InChI=1S/C13H19N3S/c1-3-4-10-16-12(17)14-13(2,15-16)11-8-6-5-7-9-11/h5-9,15H,3-4,10H2,1-2H3,(H,14,17)/t13-/m0/s1. The molecule has 4 heteroatoms. The smallest absolute Gasteiger partial charge is 0.185 e. The average molecular weight is 249 g/mol. The van der Waals surface area contributed by atoms with Gasteiger partial charge in [0.25, 0.3) is 0 Å². The van der Waals surface area contributed by atoms with E-state index >= 15 is 0 Å². The minimum absolute atomic E-state index is 0.286. The molecule has 0 aliphatic carbocycles. The normalized spacial score (nSPS) is 23.9. The summed E-state index contributed by atoms with van der Waals surface area (Å²) in [5.41, 5.74) is 4.36. The zero-order valence-electron chi connectivity index (χ0n) is 10.4. The Morgan fingerprint density at radius 1 is 1.29 bits per heavy atom. The maximum Gasteiger partial charge on any atom is 0.185 e. The molecule has 1 saturated heterocycles. The van der Waals surface area contributed by atoms with Gasteiger partial charge in [-0.15, -0.1) is 0 Å². The molecule has 1 atom stereocenters. The van der Waals surface area contributed by atoms with Crippen LogP contribution in [0.3, 0.4) is 0 Å². The van der Waals surface area contributed by atoms with Crippen LogP contribution in [0.2, 0.25) is 0 Å². The third kappa shape index (κ3) is 2.58. The summed E-state index contributed by atoms with van der Waals surface area (Å²) < 4.78 is 0. The number of hydrogen-bond donors (Lipinski definition) is 2. The predicted octanol–water partition coefficient (Wildman–Crippen LogP) is 2.35. The van der Waals surface area contributed by atoms with E-state index in [9.17, 15) is 0 Å². The van der Waals surface area contributed by atoms with E-state index in [0.29, 0.717) is 0 Å². The van der Waals surface area contributed by atoms with Crippen molar-refractivity contribution < 1.29 is 0 Å². The second kappa shape index (κ2) is 5.02. The minimum Gasteiger partial charge on any atom is -0.338 e. The van der Waals surface area contributed by atoms with E-state index < -0.39 is 0 Å². The molecule has 1 aliphatic rings. The maximum absolute atomic E-state index is 5.36. The van der Waals surface area contributed by atoms with Crippen LogP contribution in [0, 0.1) is 0 Å². The van der Waals surface area contributed by atoms with Gasteiger partial charge in [0.05, 0.1) is 0 Å². The van der Waals surface area contributed by atoms with E-state index in [0.717, 1.165) is 18.1 Å². The second-order valence-electron chi connectivity index (χ2n) is 4.54. The molecule has 0 amide bonds. The van der Waals surface area contributed by atoms with Gasteiger partial charge in [-0.05, 0) is 31.1 Å². The Hall–Kier alpha value is -1.13. The summed E-state index contributed by atoms with van der Waals surface area (Å²) in [6.45, 7) is 5.24. The molecule has 92 valence electrons. The number of thiocarbonyl (C=S) groups is 1. The Balaban J connectivity index is 2.11. The lowest BCUT2D eigenvalue weighted by Gasteiger charge is -2.26. The second-order valence-corrected chi connectivity index (χ2v) is 4.92. The zero-order valence-corrected chi connectivity index (χ0v) is 11.2. The number of nitrogens with zero attached hydrogens (tertiary/aromatic N) is 1. The highest BCUT2D eigenvalue weighted by Gasteiger charge is 2.36. The van der Waals surface area contributed by atoms with E-state index in [1.54, 1.807) is 0 Å². The van der Waals surface area contributed by atoms with Gasteiger partial charge in [0, 0.05) is 6.54 Å². The summed E-state index contributed by atoms with van der Waals surface area (Å²) in [4.78, 5) is 0. The van der Waals surface area contributed by atoms with Gasteiger partial charge in [0.15, 0.2) is 5.11 Å². The summed E-state index contributed by atoms with van der Waals surface area (Å²) in [7, 11) is 0.